The maximum absolute atomic E-state index is 12.0. The molecule has 0 saturated heterocycles. The van der Waals surface area contributed by atoms with E-state index < -0.39 is 0 Å². The molecule has 2 atom stereocenters. The second-order valence-electron chi connectivity index (χ2n) is 4.79. The second kappa shape index (κ2) is 6.19. The van der Waals surface area contributed by atoms with E-state index >= 15 is 0 Å². The van der Waals surface area contributed by atoms with E-state index in [9.17, 15) is 4.79 Å². The number of aromatic nitrogens is 1. The van der Waals surface area contributed by atoms with E-state index in [1.807, 2.05) is 31.2 Å². The fourth-order valence-electron chi connectivity index (χ4n) is 1.80. The minimum Gasteiger partial charge on any atom is -0.356 e. The van der Waals surface area contributed by atoms with Crippen LogP contribution in [-0.4, -0.2) is 22.4 Å². The second-order valence-corrected chi connectivity index (χ2v) is 5.44. The van der Waals surface area contributed by atoms with Gasteiger partial charge in [0.15, 0.2) is 5.58 Å². The molecule has 0 bridgehead atoms. The van der Waals surface area contributed by atoms with Crippen molar-refractivity contribution in [3.63, 3.8) is 0 Å². The number of fused-ring (bicyclic) bond motifs is 1. The lowest BCUT2D eigenvalue weighted by Crippen LogP contribution is -2.38. The Morgan fingerprint density at radius 3 is 2.89 bits per heavy atom. The lowest BCUT2D eigenvalue weighted by Gasteiger charge is -2.18. The number of alkyl halides is 1. The molecule has 1 N–H and O–H groups in total. The van der Waals surface area contributed by atoms with Gasteiger partial charge in [0, 0.05) is 16.8 Å². The first-order valence-electron chi connectivity index (χ1n) is 6.30. The van der Waals surface area contributed by atoms with Crippen molar-refractivity contribution in [2.24, 2.45) is 5.92 Å². The normalized spacial score (nSPS) is 14.3. The van der Waals surface area contributed by atoms with E-state index in [0.29, 0.717) is 17.2 Å². The van der Waals surface area contributed by atoms with Crippen LogP contribution < -0.4 is 5.32 Å². The highest BCUT2D eigenvalue weighted by Crippen LogP contribution is 2.18. The molecule has 0 radical (unpaired) electrons. The first-order valence-corrected chi connectivity index (χ1v) is 7.42. The van der Waals surface area contributed by atoms with Gasteiger partial charge in [0.05, 0.1) is 6.42 Å². The molecule has 2 unspecified atom stereocenters. The molecule has 102 valence electrons. The number of nitrogens with one attached hydrogen (secondary N) is 1. The van der Waals surface area contributed by atoms with Gasteiger partial charge in [-0.3, -0.25) is 4.79 Å². The Morgan fingerprint density at radius 2 is 2.16 bits per heavy atom. The van der Waals surface area contributed by atoms with E-state index in [1.54, 1.807) is 0 Å². The maximum Gasteiger partial charge on any atom is 0.226 e. The standard InChI is InChI=1S/C14H17BrN2O2/c1-9(8-15)10(2)16-14(18)7-12-11-5-3-4-6-13(11)19-17-12/h3-6,9-10H,7-8H2,1-2H3,(H,16,18). The van der Waals surface area contributed by atoms with Gasteiger partial charge >= 0.3 is 0 Å². The van der Waals surface area contributed by atoms with Crippen molar-refractivity contribution in [3.05, 3.63) is 30.0 Å². The fraction of sp³-hybridized carbons (Fsp3) is 0.429. The highest BCUT2D eigenvalue weighted by molar-refractivity contribution is 9.09. The van der Waals surface area contributed by atoms with Crippen LogP contribution in [-0.2, 0) is 11.2 Å². The van der Waals surface area contributed by atoms with Crippen LogP contribution >= 0.6 is 15.9 Å². The number of nitrogens with zero attached hydrogens (tertiary/aromatic N) is 1. The molecule has 0 saturated carbocycles. The third-order valence-corrected chi connectivity index (χ3v) is 4.29. The molecule has 4 nitrogen and oxygen atoms in total. The molecule has 19 heavy (non-hydrogen) atoms. The average molecular weight is 325 g/mol. The molecule has 1 amide bonds. The van der Waals surface area contributed by atoms with Crippen molar-refractivity contribution < 1.29 is 9.32 Å². The zero-order chi connectivity index (χ0) is 13.8. The summed E-state index contributed by atoms with van der Waals surface area (Å²) in [5, 5.41) is 8.71. The van der Waals surface area contributed by atoms with Crippen LogP contribution in [0.3, 0.4) is 0 Å². The Hall–Kier alpha value is -1.36. The van der Waals surface area contributed by atoms with Gasteiger partial charge in [0.25, 0.3) is 0 Å². The number of carbonyl (C=O) groups excluding carboxylic acids is 1. The number of benzene rings is 1. The lowest BCUT2D eigenvalue weighted by molar-refractivity contribution is -0.121. The van der Waals surface area contributed by atoms with E-state index in [2.05, 4.69) is 33.3 Å². The molecule has 5 heteroatoms. The summed E-state index contributed by atoms with van der Waals surface area (Å²) >= 11 is 3.42. The number of hydrogen-bond acceptors (Lipinski definition) is 3. The summed E-state index contributed by atoms with van der Waals surface area (Å²) in [6.45, 7) is 4.09. The number of para-hydroxylation sites is 1. The van der Waals surface area contributed by atoms with Crippen LogP contribution in [0.5, 0.6) is 0 Å². The van der Waals surface area contributed by atoms with Crippen LogP contribution in [0, 0.1) is 5.92 Å². The topological polar surface area (TPSA) is 55.1 Å². The summed E-state index contributed by atoms with van der Waals surface area (Å²) in [6, 6.07) is 7.69. The summed E-state index contributed by atoms with van der Waals surface area (Å²) in [7, 11) is 0. The molecular formula is C14H17BrN2O2. The van der Waals surface area contributed by atoms with Gasteiger partial charge in [0.2, 0.25) is 5.91 Å². The van der Waals surface area contributed by atoms with Gasteiger partial charge in [-0.25, -0.2) is 0 Å². The first-order chi connectivity index (χ1) is 9.11. The summed E-state index contributed by atoms with van der Waals surface area (Å²) in [5.74, 6) is 0.359. The predicted octanol–water partition coefficient (Wildman–Crippen LogP) is 2.91. The molecule has 1 aromatic carbocycles. The van der Waals surface area contributed by atoms with Crippen LogP contribution in [0.15, 0.2) is 28.8 Å². The SMILES string of the molecule is CC(CBr)C(C)NC(=O)Cc1noc2ccccc12. The Labute approximate surface area is 120 Å². The quantitative estimate of drug-likeness (QED) is 0.860. The molecule has 0 aliphatic heterocycles. The monoisotopic (exact) mass is 324 g/mol. The Morgan fingerprint density at radius 1 is 1.42 bits per heavy atom. The molecule has 2 aromatic rings. The molecular weight excluding hydrogens is 308 g/mol. The van der Waals surface area contributed by atoms with Crippen LogP contribution in [0.2, 0.25) is 0 Å². The Kier molecular flexibility index (Phi) is 4.58. The number of hydrogen-bond donors (Lipinski definition) is 1. The predicted molar refractivity (Wildman–Crippen MR) is 78.3 cm³/mol. The maximum atomic E-state index is 12.0. The van der Waals surface area contributed by atoms with Crippen molar-refractivity contribution in [1.82, 2.24) is 10.5 Å². The van der Waals surface area contributed by atoms with Gasteiger partial charge in [0.1, 0.15) is 5.69 Å². The fourth-order valence-corrected chi connectivity index (χ4v) is 2.36. The van der Waals surface area contributed by atoms with E-state index in [0.717, 1.165) is 10.7 Å². The number of rotatable bonds is 5. The lowest BCUT2D eigenvalue weighted by atomic mass is 10.1. The minimum atomic E-state index is -0.0284. The summed E-state index contributed by atoms with van der Waals surface area (Å²) in [6.07, 6.45) is 0.246. The largest absolute Gasteiger partial charge is 0.356 e. The number of halogens is 1. The molecule has 0 aliphatic rings. The molecule has 1 heterocycles. The van der Waals surface area contributed by atoms with E-state index in [4.69, 9.17) is 4.52 Å². The van der Waals surface area contributed by atoms with Gasteiger partial charge in [-0.1, -0.05) is 40.1 Å². The smallest absolute Gasteiger partial charge is 0.226 e. The van der Waals surface area contributed by atoms with Crippen molar-refractivity contribution >= 4 is 32.8 Å². The number of carbonyl (C=O) groups is 1. The van der Waals surface area contributed by atoms with Crippen LogP contribution in [0.25, 0.3) is 11.0 Å². The molecule has 1 aromatic heterocycles. The third kappa shape index (κ3) is 3.35. The number of amides is 1. The third-order valence-electron chi connectivity index (χ3n) is 3.27. The van der Waals surface area contributed by atoms with Crippen LogP contribution in [0.1, 0.15) is 19.5 Å². The molecule has 0 aliphatic carbocycles. The van der Waals surface area contributed by atoms with Crippen molar-refractivity contribution in [2.75, 3.05) is 5.33 Å². The van der Waals surface area contributed by atoms with Crippen molar-refractivity contribution in [3.8, 4) is 0 Å². The molecule has 0 fully saturated rings. The highest BCUT2D eigenvalue weighted by Gasteiger charge is 2.16. The zero-order valence-electron chi connectivity index (χ0n) is 11.0. The highest BCUT2D eigenvalue weighted by atomic mass is 79.9. The average Bonchev–Trinajstić information content (AvgIpc) is 2.81. The minimum absolute atomic E-state index is 0.0284. The Bertz CT molecular complexity index is 567. The molecule has 0 spiro atoms. The van der Waals surface area contributed by atoms with E-state index in [-0.39, 0.29) is 18.4 Å². The van der Waals surface area contributed by atoms with E-state index in [1.165, 1.54) is 0 Å². The zero-order valence-corrected chi connectivity index (χ0v) is 12.6. The van der Waals surface area contributed by atoms with Gasteiger partial charge < -0.3 is 9.84 Å². The van der Waals surface area contributed by atoms with Gasteiger partial charge in [-0.2, -0.15) is 0 Å². The van der Waals surface area contributed by atoms with Gasteiger partial charge in [-0.05, 0) is 25.0 Å². The van der Waals surface area contributed by atoms with Crippen LogP contribution in [0.4, 0.5) is 0 Å². The van der Waals surface area contributed by atoms with Crippen molar-refractivity contribution in [1.29, 1.82) is 0 Å². The molecule has 2 rings (SSSR count). The first kappa shape index (κ1) is 14.1. The summed E-state index contributed by atoms with van der Waals surface area (Å²) in [4.78, 5) is 12.0. The summed E-state index contributed by atoms with van der Waals surface area (Å²) < 4.78 is 5.19. The Balaban J connectivity index is 2.03. The van der Waals surface area contributed by atoms with Crippen molar-refractivity contribution in [2.45, 2.75) is 26.3 Å². The van der Waals surface area contributed by atoms with Gasteiger partial charge in [-0.15, -0.1) is 0 Å². The summed E-state index contributed by atoms with van der Waals surface area (Å²) in [5.41, 5.74) is 1.40.